The zero-order valence-corrected chi connectivity index (χ0v) is 24.2. The van der Waals surface area contributed by atoms with Crippen molar-refractivity contribution in [1.82, 2.24) is 20.0 Å². The second-order valence-electron chi connectivity index (χ2n) is 13.7. The third-order valence-corrected chi connectivity index (χ3v) is 9.05. The Morgan fingerprint density at radius 3 is 2.32 bits per heavy atom. The number of nitrogens with one attached hydrogen (secondary N) is 1. The maximum atomic E-state index is 13.3. The number of hydrogen-bond acceptors (Lipinski definition) is 8. The van der Waals surface area contributed by atoms with Gasteiger partial charge in [0.15, 0.2) is 0 Å². The van der Waals surface area contributed by atoms with Crippen LogP contribution < -0.4 is 10.1 Å². The normalized spacial score (nSPS) is 25.3. The smallest absolute Gasteiger partial charge is 0.410 e. The number of benzene rings is 1. The van der Waals surface area contributed by atoms with E-state index in [-0.39, 0.29) is 35.5 Å². The zero-order chi connectivity index (χ0) is 29.3. The zero-order valence-electron chi connectivity index (χ0n) is 24.2. The van der Waals surface area contributed by atoms with Crippen molar-refractivity contribution in [1.29, 1.82) is 0 Å². The molecular weight excluding hydrogens is 528 g/mol. The Labute approximate surface area is 239 Å². The second-order valence-corrected chi connectivity index (χ2v) is 13.7. The Bertz CT molecular complexity index is 1330. The van der Waals surface area contributed by atoms with Crippen LogP contribution in [0, 0.1) is 5.41 Å². The maximum absolute atomic E-state index is 13.3. The molecule has 5 aliphatic rings. The molecule has 1 spiro atoms. The van der Waals surface area contributed by atoms with Gasteiger partial charge in [0.25, 0.3) is 11.8 Å². The summed E-state index contributed by atoms with van der Waals surface area (Å²) in [6, 6.07) is 2.41. The van der Waals surface area contributed by atoms with Gasteiger partial charge in [-0.05, 0) is 76.0 Å². The van der Waals surface area contributed by atoms with Crippen LogP contribution in [0.25, 0.3) is 0 Å². The predicted molar refractivity (Wildman–Crippen MR) is 146 cm³/mol. The van der Waals surface area contributed by atoms with Crippen LogP contribution in [0.15, 0.2) is 12.1 Å². The summed E-state index contributed by atoms with van der Waals surface area (Å²) in [6.07, 6.45) is 3.34. The van der Waals surface area contributed by atoms with Gasteiger partial charge in [0.1, 0.15) is 23.0 Å². The average molecular weight is 567 g/mol. The minimum absolute atomic E-state index is 0.0868. The molecule has 0 aromatic heterocycles. The highest BCUT2D eigenvalue weighted by molar-refractivity contribution is 6.23. The Kier molecular flexibility index (Phi) is 6.44. The van der Waals surface area contributed by atoms with E-state index in [2.05, 4.69) is 17.1 Å². The van der Waals surface area contributed by atoms with Gasteiger partial charge in [-0.2, -0.15) is 0 Å². The molecule has 0 radical (unpaired) electrons. The van der Waals surface area contributed by atoms with Crippen LogP contribution in [0.5, 0.6) is 5.75 Å². The molecule has 11 nitrogen and oxygen atoms in total. The van der Waals surface area contributed by atoms with Gasteiger partial charge in [0.05, 0.1) is 11.1 Å². The molecule has 5 aliphatic heterocycles. The van der Waals surface area contributed by atoms with E-state index in [0.29, 0.717) is 24.4 Å². The number of amides is 5. The van der Waals surface area contributed by atoms with Gasteiger partial charge in [-0.3, -0.25) is 34.3 Å². The first-order valence-corrected chi connectivity index (χ1v) is 14.5. The van der Waals surface area contributed by atoms with Gasteiger partial charge >= 0.3 is 6.09 Å². The van der Waals surface area contributed by atoms with Crippen molar-refractivity contribution in [3.05, 3.63) is 28.8 Å². The number of fused-ring (bicyclic) bond motifs is 2. The standard InChI is InChI=1S/C30H38N4O7/c1-28(2,3)41-27(39)33-11-9-29(4,10-12-33)15-32-16-30(17-32)8-7-18-13-19-20(14-22(18)40-30)26(38)34(25(19)37)21-5-6-23(35)31-24(21)36/h13-14,21H,5-12,15-17H2,1-4H3,(H,31,35,36). The molecule has 1 N–H and O–H groups in total. The van der Waals surface area contributed by atoms with Crippen LogP contribution in [-0.2, 0) is 20.7 Å². The fourth-order valence-electron chi connectivity index (χ4n) is 6.84. The summed E-state index contributed by atoms with van der Waals surface area (Å²) >= 11 is 0. The largest absolute Gasteiger partial charge is 0.484 e. The van der Waals surface area contributed by atoms with E-state index in [0.717, 1.165) is 55.8 Å². The number of aryl methyl sites for hydroxylation is 1. The molecule has 3 fully saturated rings. The van der Waals surface area contributed by atoms with E-state index in [1.54, 1.807) is 17.0 Å². The molecule has 5 heterocycles. The number of rotatable bonds is 3. The topological polar surface area (TPSA) is 126 Å². The molecule has 220 valence electrons. The van der Waals surface area contributed by atoms with Crippen molar-refractivity contribution in [3.8, 4) is 5.75 Å². The summed E-state index contributed by atoms with van der Waals surface area (Å²) in [7, 11) is 0. The third-order valence-electron chi connectivity index (χ3n) is 9.05. The van der Waals surface area contributed by atoms with Gasteiger partial charge in [0, 0.05) is 39.1 Å². The predicted octanol–water partition coefficient (Wildman–Crippen LogP) is 2.50. The van der Waals surface area contributed by atoms with Crippen molar-refractivity contribution in [2.45, 2.75) is 83.5 Å². The highest BCUT2D eigenvalue weighted by Gasteiger charge is 2.51. The number of carbonyl (C=O) groups is 5. The number of ether oxygens (including phenoxy) is 2. The van der Waals surface area contributed by atoms with Crippen molar-refractivity contribution >= 4 is 29.7 Å². The lowest BCUT2D eigenvalue weighted by Crippen LogP contribution is -2.67. The third kappa shape index (κ3) is 5.09. The van der Waals surface area contributed by atoms with E-state index < -0.39 is 35.3 Å². The highest BCUT2D eigenvalue weighted by atomic mass is 16.6. The van der Waals surface area contributed by atoms with Gasteiger partial charge in [0.2, 0.25) is 11.8 Å². The van der Waals surface area contributed by atoms with Gasteiger partial charge in [-0.25, -0.2) is 4.79 Å². The van der Waals surface area contributed by atoms with Gasteiger partial charge in [-0.1, -0.05) is 6.92 Å². The van der Waals surface area contributed by atoms with E-state index >= 15 is 0 Å². The number of piperidine rings is 2. The van der Waals surface area contributed by atoms with Crippen LogP contribution in [0.2, 0.25) is 0 Å². The quantitative estimate of drug-likeness (QED) is 0.554. The molecule has 1 aromatic carbocycles. The van der Waals surface area contributed by atoms with Crippen molar-refractivity contribution in [2.75, 3.05) is 32.7 Å². The molecule has 1 unspecified atom stereocenters. The monoisotopic (exact) mass is 566 g/mol. The van der Waals surface area contributed by atoms with Gasteiger partial charge in [-0.15, -0.1) is 0 Å². The van der Waals surface area contributed by atoms with Gasteiger partial charge < -0.3 is 14.4 Å². The molecule has 0 bridgehead atoms. The first kappa shape index (κ1) is 27.7. The first-order valence-electron chi connectivity index (χ1n) is 14.5. The Hall–Kier alpha value is -3.47. The number of carbonyl (C=O) groups excluding carboxylic acids is 5. The molecule has 6 rings (SSSR count). The summed E-state index contributed by atoms with van der Waals surface area (Å²) in [5, 5.41) is 2.23. The van der Waals surface area contributed by atoms with Crippen molar-refractivity contribution in [2.24, 2.45) is 5.41 Å². The van der Waals surface area contributed by atoms with Crippen LogP contribution in [0.1, 0.15) is 86.1 Å². The molecule has 41 heavy (non-hydrogen) atoms. The van der Waals surface area contributed by atoms with E-state index in [9.17, 15) is 24.0 Å². The van der Waals surface area contributed by atoms with E-state index in [4.69, 9.17) is 9.47 Å². The summed E-state index contributed by atoms with van der Waals surface area (Å²) in [6.45, 7) is 11.8. The lowest BCUT2D eigenvalue weighted by molar-refractivity contribution is -0.136. The number of hydrogen-bond donors (Lipinski definition) is 1. The SMILES string of the molecule is CC1(CN2CC3(CCc4cc5c(cc4O3)C(=O)N(C3CCC(=O)NC3=O)C5=O)C2)CCN(C(=O)OC(C)(C)C)CC1. The van der Waals surface area contributed by atoms with Crippen LogP contribution in [-0.4, -0.2) is 94.4 Å². The van der Waals surface area contributed by atoms with Crippen molar-refractivity contribution in [3.63, 3.8) is 0 Å². The number of likely N-dealkylation sites (tertiary alicyclic amines) is 2. The summed E-state index contributed by atoms with van der Waals surface area (Å²) < 4.78 is 12.0. The molecule has 0 aliphatic carbocycles. The summed E-state index contributed by atoms with van der Waals surface area (Å²) in [5.41, 5.74) is 0.692. The molecule has 0 saturated carbocycles. The molecule has 3 saturated heterocycles. The molecular formula is C30H38N4O7. The number of imide groups is 2. The maximum Gasteiger partial charge on any atom is 0.410 e. The van der Waals surface area contributed by atoms with Crippen molar-refractivity contribution < 1.29 is 33.4 Å². The van der Waals surface area contributed by atoms with Crippen LogP contribution >= 0.6 is 0 Å². The first-order chi connectivity index (χ1) is 19.2. The van der Waals surface area contributed by atoms with Crippen LogP contribution in [0.3, 0.4) is 0 Å². The van der Waals surface area contributed by atoms with E-state index in [1.807, 2.05) is 20.8 Å². The fraction of sp³-hybridized carbons (Fsp3) is 0.633. The molecule has 5 amide bonds. The van der Waals surface area contributed by atoms with Crippen LogP contribution in [0.4, 0.5) is 4.79 Å². The lowest BCUT2D eigenvalue weighted by Gasteiger charge is -2.54. The molecule has 11 heteroatoms. The lowest BCUT2D eigenvalue weighted by atomic mass is 9.77. The summed E-state index contributed by atoms with van der Waals surface area (Å²) in [5.74, 6) is -1.41. The molecule has 1 atom stereocenters. The minimum atomic E-state index is -0.984. The second kappa shape index (κ2) is 9.54. The Morgan fingerprint density at radius 2 is 1.68 bits per heavy atom. The highest BCUT2D eigenvalue weighted by Crippen LogP contribution is 2.43. The minimum Gasteiger partial charge on any atom is -0.484 e. The summed E-state index contributed by atoms with van der Waals surface area (Å²) in [4.78, 5) is 68.0. The average Bonchev–Trinajstić information content (AvgIpc) is 3.10. The van der Waals surface area contributed by atoms with E-state index in [1.165, 1.54) is 0 Å². The Morgan fingerprint density at radius 1 is 1.02 bits per heavy atom. The Balaban J connectivity index is 1.07. The number of nitrogens with zero attached hydrogens (tertiary/aromatic N) is 3. The fourth-order valence-corrected chi connectivity index (χ4v) is 6.84. The molecule has 1 aromatic rings.